The molecule has 170 valence electrons. The highest BCUT2D eigenvalue weighted by atomic mass is 16.5. The predicted octanol–water partition coefficient (Wildman–Crippen LogP) is 2.42. The molecule has 1 aromatic carbocycles. The van der Waals surface area contributed by atoms with Crippen molar-refractivity contribution in [3.8, 4) is 5.75 Å². The Balaban J connectivity index is 1.26. The lowest BCUT2D eigenvalue weighted by Gasteiger charge is -2.33. The van der Waals surface area contributed by atoms with Crippen LogP contribution in [0.1, 0.15) is 26.2 Å². The van der Waals surface area contributed by atoms with E-state index >= 15 is 0 Å². The third kappa shape index (κ3) is 5.49. The second-order valence-electron chi connectivity index (χ2n) is 8.01. The molecule has 0 bridgehead atoms. The van der Waals surface area contributed by atoms with Crippen LogP contribution < -0.4 is 25.2 Å². The van der Waals surface area contributed by atoms with Crippen molar-refractivity contribution >= 4 is 23.4 Å². The first-order valence-corrected chi connectivity index (χ1v) is 11.5. The molecule has 2 N–H and O–H groups in total. The summed E-state index contributed by atoms with van der Waals surface area (Å²) in [6.07, 6.45) is 4.72. The maximum absolute atomic E-state index is 12.3. The second-order valence-corrected chi connectivity index (χ2v) is 8.01. The fraction of sp³-hybridized carbons (Fsp3) is 0.458. The topological polar surface area (TPSA) is 82.1 Å². The number of guanidine groups is 1. The first-order chi connectivity index (χ1) is 15.7. The van der Waals surface area contributed by atoms with Crippen LogP contribution in [0.15, 0.2) is 53.7 Å². The number of nitrogens with zero attached hydrogens (tertiary/aromatic N) is 4. The number of hydrogen-bond donors (Lipinski definition) is 2. The van der Waals surface area contributed by atoms with E-state index in [-0.39, 0.29) is 12.5 Å². The third-order valence-electron chi connectivity index (χ3n) is 5.77. The molecule has 0 aliphatic carbocycles. The zero-order valence-corrected chi connectivity index (χ0v) is 18.7. The summed E-state index contributed by atoms with van der Waals surface area (Å²) in [5.41, 5.74) is 0.845. The minimum absolute atomic E-state index is 0.00243. The van der Waals surface area contributed by atoms with Gasteiger partial charge in [-0.3, -0.25) is 9.79 Å². The van der Waals surface area contributed by atoms with E-state index in [2.05, 4.69) is 33.5 Å². The number of hydrogen-bond acceptors (Lipinski definition) is 5. The van der Waals surface area contributed by atoms with E-state index in [0.717, 1.165) is 62.1 Å². The number of piperidine rings is 1. The van der Waals surface area contributed by atoms with Gasteiger partial charge in [-0.05, 0) is 50.5 Å². The van der Waals surface area contributed by atoms with Crippen molar-refractivity contribution in [1.29, 1.82) is 0 Å². The monoisotopic (exact) mass is 436 g/mol. The molecule has 4 rings (SSSR count). The van der Waals surface area contributed by atoms with Crippen LogP contribution in [0.5, 0.6) is 5.75 Å². The standard InChI is InChI=1S/C24H32N6O2/c1-2-25-24(28-19-11-16-29(17-12-19)22-10-5-6-13-26-22)27-14-7-15-30-20-8-3-4-9-21(20)32-18-23(30)31/h3-6,8-10,13,19H,2,7,11-12,14-18H2,1H3,(H2,25,27,28). The van der Waals surface area contributed by atoms with E-state index in [1.54, 1.807) is 0 Å². The number of carbonyl (C=O) groups is 1. The Kier molecular flexibility index (Phi) is 7.42. The average Bonchev–Trinajstić information content (AvgIpc) is 2.84. The van der Waals surface area contributed by atoms with E-state index in [4.69, 9.17) is 9.73 Å². The zero-order valence-electron chi connectivity index (χ0n) is 18.7. The van der Waals surface area contributed by atoms with Gasteiger partial charge in [0.1, 0.15) is 11.6 Å². The van der Waals surface area contributed by atoms with Crippen LogP contribution >= 0.6 is 0 Å². The molecule has 8 heteroatoms. The van der Waals surface area contributed by atoms with Crippen molar-refractivity contribution < 1.29 is 9.53 Å². The molecule has 3 heterocycles. The van der Waals surface area contributed by atoms with Gasteiger partial charge < -0.3 is 25.2 Å². The molecule has 0 unspecified atom stereocenters. The van der Waals surface area contributed by atoms with Crippen molar-refractivity contribution in [2.45, 2.75) is 32.2 Å². The van der Waals surface area contributed by atoms with Crippen LogP contribution in [-0.4, -0.2) is 62.2 Å². The van der Waals surface area contributed by atoms with Gasteiger partial charge in [0.05, 0.1) is 5.69 Å². The van der Waals surface area contributed by atoms with Gasteiger partial charge in [0.2, 0.25) is 0 Å². The number of fused-ring (bicyclic) bond motifs is 1. The number of amides is 1. The van der Waals surface area contributed by atoms with Crippen molar-refractivity contribution in [1.82, 2.24) is 15.6 Å². The number of carbonyl (C=O) groups excluding carboxylic acids is 1. The molecule has 2 aromatic rings. The summed E-state index contributed by atoms with van der Waals surface area (Å²) < 4.78 is 5.52. The summed E-state index contributed by atoms with van der Waals surface area (Å²) in [5.74, 6) is 2.66. The lowest BCUT2D eigenvalue weighted by Crippen LogP contribution is -2.49. The first kappa shape index (κ1) is 21.9. The summed E-state index contributed by atoms with van der Waals surface area (Å²) in [6.45, 7) is 6.22. The van der Waals surface area contributed by atoms with Gasteiger partial charge in [0.15, 0.2) is 12.6 Å². The summed E-state index contributed by atoms with van der Waals surface area (Å²) >= 11 is 0. The Morgan fingerprint density at radius 3 is 2.78 bits per heavy atom. The van der Waals surface area contributed by atoms with Gasteiger partial charge in [-0.25, -0.2) is 4.98 Å². The molecule has 1 amide bonds. The molecule has 1 aromatic heterocycles. The molecule has 1 saturated heterocycles. The van der Waals surface area contributed by atoms with Gasteiger partial charge in [-0.2, -0.15) is 0 Å². The predicted molar refractivity (Wildman–Crippen MR) is 127 cm³/mol. The Morgan fingerprint density at radius 2 is 2.00 bits per heavy atom. The highest BCUT2D eigenvalue weighted by molar-refractivity contribution is 5.97. The molecule has 8 nitrogen and oxygen atoms in total. The number of para-hydroxylation sites is 2. The lowest BCUT2D eigenvalue weighted by atomic mass is 10.1. The van der Waals surface area contributed by atoms with Crippen LogP contribution in [0, 0.1) is 0 Å². The van der Waals surface area contributed by atoms with E-state index in [1.165, 1.54) is 0 Å². The quantitative estimate of drug-likeness (QED) is 0.394. The smallest absolute Gasteiger partial charge is 0.265 e. The Morgan fingerprint density at radius 1 is 1.19 bits per heavy atom. The maximum Gasteiger partial charge on any atom is 0.265 e. The van der Waals surface area contributed by atoms with Gasteiger partial charge in [0, 0.05) is 45.0 Å². The van der Waals surface area contributed by atoms with Crippen LogP contribution in [0.25, 0.3) is 0 Å². The number of anilines is 2. The zero-order chi connectivity index (χ0) is 22.2. The summed E-state index contributed by atoms with van der Waals surface area (Å²) in [6, 6.07) is 14.1. The SMILES string of the molecule is CCNC(=NCCCN1C(=O)COc2ccccc21)NC1CCN(c2ccccn2)CC1. The lowest BCUT2D eigenvalue weighted by molar-refractivity contribution is -0.121. The number of aromatic nitrogens is 1. The van der Waals surface area contributed by atoms with Crippen molar-refractivity contribution in [2.75, 3.05) is 49.1 Å². The Hall–Kier alpha value is -3.29. The van der Waals surface area contributed by atoms with Crippen LogP contribution in [0.3, 0.4) is 0 Å². The number of pyridine rings is 1. The van der Waals surface area contributed by atoms with Gasteiger partial charge >= 0.3 is 0 Å². The average molecular weight is 437 g/mol. The minimum atomic E-state index is -0.00243. The maximum atomic E-state index is 12.3. The molecule has 2 aliphatic rings. The van der Waals surface area contributed by atoms with E-state index in [1.807, 2.05) is 47.5 Å². The van der Waals surface area contributed by atoms with Gasteiger partial charge in [0.25, 0.3) is 5.91 Å². The van der Waals surface area contributed by atoms with Gasteiger partial charge in [-0.1, -0.05) is 18.2 Å². The molecule has 2 aliphatic heterocycles. The summed E-state index contributed by atoms with van der Waals surface area (Å²) in [5, 5.41) is 6.93. The Labute approximate surface area is 189 Å². The molecule has 0 saturated carbocycles. The highest BCUT2D eigenvalue weighted by Gasteiger charge is 2.24. The molecular formula is C24H32N6O2. The second kappa shape index (κ2) is 10.8. The minimum Gasteiger partial charge on any atom is -0.482 e. The number of benzene rings is 1. The number of nitrogens with one attached hydrogen (secondary N) is 2. The van der Waals surface area contributed by atoms with E-state index < -0.39 is 0 Å². The first-order valence-electron chi connectivity index (χ1n) is 11.5. The van der Waals surface area contributed by atoms with Crippen molar-refractivity contribution in [3.63, 3.8) is 0 Å². The fourth-order valence-corrected chi connectivity index (χ4v) is 4.13. The largest absolute Gasteiger partial charge is 0.482 e. The van der Waals surface area contributed by atoms with E-state index in [9.17, 15) is 4.79 Å². The summed E-state index contributed by atoms with van der Waals surface area (Å²) in [4.78, 5) is 25.7. The molecule has 1 fully saturated rings. The van der Waals surface area contributed by atoms with Crippen LogP contribution in [0.2, 0.25) is 0 Å². The summed E-state index contributed by atoms with van der Waals surface area (Å²) in [7, 11) is 0. The number of rotatable bonds is 7. The van der Waals surface area contributed by atoms with Crippen molar-refractivity contribution in [2.24, 2.45) is 4.99 Å². The molecule has 32 heavy (non-hydrogen) atoms. The normalized spacial score (nSPS) is 17.0. The molecule has 0 spiro atoms. The van der Waals surface area contributed by atoms with Crippen LogP contribution in [0.4, 0.5) is 11.5 Å². The van der Waals surface area contributed by atoms with Crippen LogP contribution in [-0.2, 0) is 4.79 Å². The third-order valence-corrected chi connectivity index (χ3v) is 5.77. The fourth-order valence-electron chi connectivity index (χ4n) is 4.13. The Bertz CT molecular complexity index is 912. The number of aliphatic imine (C=N–C) groups is 1. The van der Waals surface area contributed by atoms with E-state index in [0.29, 0.717) is 19.1 Å². The molecule has 0 atom stereocenters. The molecule has 0 radical (unpaired) electrons. The number of ether oxygens (including phenoxy) is 1. The molecular weight excluding hydrogens is 404 g/mol. The van der Waals surface area contributed by atoms with Gasteiger partial charge in [-0.15, -0.1) is 0 Å². The van der Waals surface area contributed by atoms with Crippen molar-refractivity contribution in [3.05, 3.63) is 48.7 Å². The highest BCUT2D eigenvalue weighted by Crippen LogP contribution is 2.31.